The van der Waals surface area contributed by atoms with Gasteiger partial charge in [-0.05, 0) is 66.6 Å². The Kier molecular flexibility index (Phi) is 6.71. The summed E-state index contributed by atoms with van der Waals surface area (Å²) in [6, 6.07) is 7.07. The molecule has 5 nitrogen and oxygen atoms in total. The molecular weight excluding hydrogens is 438 g/mol. The fourth-order valence-electron chi connectivity index (χ4n) is 3.65. The number of hydrogen-bond donors (Lipinski definition) is 2. The van der Waals surface area contributed by atoms with Crippen molar-refractivity contribution in [3.8, 4) is 11.8 Å². The number of nitrogens with zero attached hydrogens (tertiary/aromatic N) is 1. The molecule has 1 heterocycles. The standard InChI is InChI=1S/C22H24ClN3O2S2/c1-22(2,3)13-6-7-14-15(11-24)20(30-18(14)10-13)26-21(29)25-19(27)12-5-8-17(28-4)16(23)9-12/h5,8-9,13H,6-7,10H2,1-4H3,(H2,25,26,27,29)/t13-/m1/s1. The number of ether oxygens (including phenoxy) is 1. The topological polar surface area (TPSA) is 74.2 Å². The van der Waals surface area contributed by atoms with E-state index in [0.29, 0.717) is 32.8 Å². The van der Waals surface area contributed by atoms with Crippen molar-refractivity contribution < 1.29 is 9.53 Å². The van der Waals surface area contributed by atoms with E-state index >= 15 is 0 Å². The Balaban J connectivity index is 1.73. The van der Waals surface area contributed by atoms with Gasteiger partial charge in [-0.1, -0.05) is 32.4 Å². The number of anilines is 1. The number of benzene rings is 1. The van der Waals surface area contributed by atoms with Gasteiger partial charge in [0.05, 0.1) is 17.7 Å². The summed E-state index contributed by atoms with van der Waals surface area (Å²) in [6.45, 7) is 6.78. The van der Waals surface area contributed by atoms with Gasteiger partial charge >= 0.3 is 0 Å². The van der Waals surface area contributed by atoms with Crippen LogP contribution in [0, 0.1) is 22.7 Å². The molecule has 0 unspecified atom stereocenters. The Hall–Kier alpha value is -2.14. The molecule has 0 spiro atoms. The Morgan fingerprint density at radius 1 is 1.40 bits per heavy atom. The van der Waals surface area contributed by atoms with Crippen LogP contribution in [0.1, 0.15) is 53.6 Å². The molecule has 2 aromatic rings. The summed E-state index contributed by atoms with van der Waals surface area (Å²) < 4.78 is 5.10. The molecule has 0 saturated heterocycles. The normalized spacial score (nSPS) is 15.7. The van der Waals surface area contributed by atoms with Gasteiger partial charge in [-0.2, -0.15) is 5.26 Å². The van der Waals surface area contributed by atoms with E-state index in [2.05, 4.69) is 37.5 Å². The first-order valence-corrected chi connectivity index (χ1v) is 11.2. The maximum atomic E-state index is 12.5. The number of carbonyl (C=O) groups is 1. The van der Waals surface area contributed by atoms with Gasteiger partial charge in [-0.3, -0.25) is 10.1 Å². The highest BCUT2D eigenvalue weighted by atomic mass is 35.5. The maximum absolute atomic E-state index is 12.5. The van der Waals surface area contributed by atoms with Crippen LogP contribution in [0.3, 0.4) is 0 Å². The lowest BCUT2D eigenvalue weighted by Gasteiger charge is -2.33. The van der Waals surface area contributed by atoms with Crippen molar-refractivity contribution in [2.75, 3.05) is 12.4 Å². The number of thiocarbonyl (C=S) groups is 1. The fraction of sp³-hybridized carbons (Fsp3) is 0.409. The number of halogens is 1. The second kappa shape index (κ2) is 8.93. The quantitative estimate of drug-likeness (QED) is 0.585. The summed E-state index contributed by atoms with van der Waals surface area (Å²) in [5, 5.41) is 16.6. The van der Waals surface area contributed by atoms with Crippen LogP contribution >= 0.6 is 35.2 Å². The molecule has 30 heavy (non-hydrogen) atoms. The summed E-state index contributed by atoms with van der Waals surface area (Å²) in [5.74, 6) is 0.685. The Labute approximate surface area is 191 Å². The lowest BCUT2D eigenvalue weighted by molar-refractivity contribution is 0.0977. The Bertz CT molecular complexity index is 1030. The van der Waals surface area contributed by atoms with Gasteiger partial charge in [0.15, 0.2) is 5.11 Å². The molecule has 3 rings (SSSR count). The number of nitrogens with one attached hydrogen (secondary N) is 2. The smallest absolute Gasteiger partial charge is 0.257 e. The zero-order chi connectivity index (χ0) is 22.1. The number of hydrogen-bond acceptors (Lipinski definition) is 5. The summed E-state index contributed by atoms with van der Waals surface area (Å²) in [4.78, 5) is 13.7. The molecule has 1 atom stereocenters. The SMILES string of the molecule is COc1ccc(C(=O)NC(=S)Nc2sc3c(c2C#N)CC[C@@H](C(C)(C)C)C3)cc1Cl. The number of methoxy groups -OCH3 is 1. The molecule has 158 valence electrons. The van der Waals surface area contributed by atoms with Crippen LogP contribution < -0.4 is 15.4 Å². The summed E-state index contributed by atoms with van der Waals surface area (Å²) in [6.07, 6.45) is 2.92. The molecule has 1 aliphatic rings. The van der Waals surface area contributed by atoms with Gasteiger partial charge in [0.2, 0.25) is 0 Å². The van der Waals surface area contributed by atoms with Crippen LogP contribution in [0.2, 0.25) is 5.02 Å². The van der Waals surface area contributed by atoms with Gasteiger partial charge in [0.1, 0.15) is 16.8 Å². The number of nitriles is 1. The number of amides is 1. The molecule has 2 N–H and O–H groups in total. The van der Waals surface area contributed by atoms with Crippen molar-refractivity contribution in [2.45, 2.75) is 40.0 Å². The predicted molar refractivity (Wildman–Crippen MR) is 126 cm³/mol. The molecule has 8 heteroatoms. The largest absolute Gasteiger partial charge is 0.495 e. The van der Waals surface area contributed by atoms with Gasteiger partial charge in [0, 0.05) is 10.4 Å². The third kappa shape index (κ3) is 4.77. The lowest BCUT2D eigenvalue weighted by Crippen LogP contribution is -2.34. The molecule has 0 fully saturated rings. The van der Waals surface area contributed by atoms with Crippen LogP contribution in [0.5, 0.6) is 5.75 Å². The zero-order valence-corrected chi connectivity index (χ0v) is 19.8. The van der Waals surface area contributed by atoms with Gasteiger partial charge in [0.25, 0.3) is 5.91 Å². The van der Waals surface area contributed by atoms with Gasteiger partial charge < -0.3 is 10.1 Å². The summed E-state index contributed by atoms with van der Waals surface area (Å²) in [5.41, 5.74) is 2.34. The number of fused-ring (bicyclic) bond motifs is 1. The third-order valence-electron chi connectivity index (χ3n) is 5.47. The van der Waals surface area contributed by atoms with Crippen molar-refractivity contribution in [3.63, 3.8) is 0 Å². The van der Waals surface area contributed by atoms with E-state index in [1.807, 2.05) is 0 Å². The highest BCUT2D eigenvalue weighted by Crippen LogP contribution is 2.44. The second-order valence-electron chi connectivity index (χ2n) is 8.38. The molecule has 1 aliphatic carbocycles. The fourth-order valence-corrected chi connectivity index (χ4v) is 5.45. The molecule has 0 aliphatic heterocycles. The molecule has 1 amide bonds. The van der Waals surface area contributed by atoms with E-state index in [4.69, 9.17) is 28.6 Å². The van der Waals surface area contributed by atoms with Crippen molar-refractivity contribution in [1.82, 2.24) is 5.32 Å². The molecule has 0 saturated carbocycles. The van der Waals surface area contributed by atoms with Crippen molar-refractivity contribution >= 4 is 51.2 Å². The first kappa shape index (κ1) is 22.5. The summed E-state index contributed by atoms with van der Waals surface area (Å²) >= 11 is 13.0. The maximum Gasteiger partial charge on any atom is 0.257 e. The monoisotopic (exact) mass is 461 g/mol. The van der Waals surface area contributed by atoms with Crippen molar-refractivity contribution in [3.05, 3.63) is 44.8 Å². The van der Waals surface area contributed by atoms with Crippen LogP contribution in [-0.4, -0.2) is 18.1 Å². The van der Waals surface area contributed by atoms with E-state index in [0.717, 1.165) is 24.8 Å². The number of rotatable bonds is 3. The lowest BCUT2D eigenvalue weighted by atomic mass is 9.72. The van der Waals surface area contributed by atoms with Crippen LogP contribution in [0.25, 0.3) is 0 Å². The minimum Gasteiger partial charge on any atom is -0.495 e. The third-order valence-corrected chi connectivity index (χ3v) is 7.14. The highest BCUT2D eigenvalue weighted by molar-refractivity contribution is 7.80. The molecular formula is C22H24ClN3O2S2. The predicted octanol–water partition coefficient (Wildman–Crippen LogP) is 5.56. The average molecular weight is 462 g/mol. The summed E-state index contributed by atoms with van der Waals surface area (Å²) in [7, 11) is 1.51. The minimum atomic E-state index is -0.385. The minimum absolute atomic E-state index is 0.148. The van der Waals surface area contributed by atoms with E-state index in [1.54, 1.807) is 23.5 Å². The molecule has 1 aromatic heterocycles. The second-order valence-corrected chi connectivity index (χ2v) is 10.3. The molecule has 0 bridgehead atoms. The Morgan fingerprint density at radius 3 is 2.73 bits per heavy atom. The Morgan fingerprint density at radius 2 is 2.13 bits per heavy atom. The van der Waals surface area contributed by atoms with Crippen LogP contribution in [0.4, 0.5) is 5.00 Å². The zero-order valence-electron chi connectivity index (χ0n) is 17.4. The number of thiophene rings is 1. The van der Waals surface area contributed by atoms with Gasteiger partial charge in [-0.25, -0.2) is 0 Å². The van der Waals surface area contributed by atoms with E-state index in [1.165, 1.54) is 18.1 Å². The molecule has 1 aromatic carbocycles. The average Bonchev–Trinajstić information content (AvgIpc) is 3.02. The van der Waals surface area contributed by atoms with Crippen LogP contribution in [0.15, 0.2) is 18.2 Å². The number of carbonyl (C=O) groups excluding carboxylic acids is 1. The van der Waals surface area contributed by atoms with Crippen molar-refractivity contribution in [2.24, 2.45) is 11.3 Å². The van der Waals surface area contributed by atoms with Crippen LogP contribution in [-0.2, 0) is 12.8 Å². The van der Waals surface area contributed by atoms with E-state index < -0.39 is 0 Å². The van der Waals surface area contributed by atoms with E-state index in [9.17, 15) is 10.1 Å². The highest BCUT2D eigenvalue weighted by Gasteiger charge is 2.32. The molecule has 0 radical (unpaired) electrons. The first-order chi connectivity index (χ1) is 14.1. The van der Waals surface area contributed by atoms with Gasteiger partial charge in [-0.15, -0.1) is 11.3 Å². The first-order valence-electron chi connectivity index (χ1n) is 9.64. The van der Waals surface area contributed by atoms with Crippen molar-refractivity contribution in [1.29, 1.82) is 5.26 Å². The van der Waals surface area contributed by atoms with E-state index in [-0.39, 0.29) is 16.4 Å².